The minimum atomic E-state index is -0.337. The topological polar surface area (TPSA) is 57.0 Å². The molecule has 0 N–H and O–H groups in total. The third-order valence-corrected chi connectivity index (χ3v) is 4.77. The Morgan fingerprint density at radius 2 is 1.70 bits per heavy atom. The van der Waals surface area contributed by atoms with Crippen LogP contribution in [0.1, 0.15) is 25.0 Å². The van der Waals surface area contributed by atoms with E-state index >= 15 is 0 Å². The number of rotatable bonds is 2. The van der Waals surface area contributed by atoms with Crippen molar-refractivity contribution >= 4 is 50.7 Å². The summed E-state index contributed by atoms with van der Waals surface area (Å²) >= 11 is 6.18. The minimum Gasteiger partial charge on any atom is -0.468 e. The molecule has 6 heteroatoms. The van der Waals surface area contributed by atoms with Crippen LogP contribution in [-0.2, 0) is 16.1 Å². The van der Waals surface area contributed by atoms with Crippen molar-refractivity contribution < 1.29 is 9.53 Å². The van der Waals surface area contributed by atoms with E-state index in [4.69, 9.17) is 26.3 Å². The Balaban J connectivity index is 0.00000102. The van der Waals surface area contributed by atoms with Gasteiger partial charge in [0.1, 0.15) is 12.1 Å². The van der Waals surface area contributed by atoms with Gasteiger partial charge in [-0.05, 0) is 55.3 Å². The molecule has 0 bridgehead atoms. The second-order valence-electron chi connectivity index (χ2n) is 6.14. The minimum absolute atomic E-state index is 0.0726. The normalized spacial score (nSPS) is 10.9. The van der Waals surface area contributed by atoms with E-state index in [0.717, 1.165) is 38.6 Å². The number of halogens is 1. The molecule has 2 heterocycles. The van der Waals surface area contributed by atoms with E-state index < -0.39 is 0 Å². The Kier molecular flexibility index (Phi) is 5.33. The van der Waals surface area contributed by atoms with Gasteiger partial charge < -0.3 is 9.30 Å². The van der Waals surface area contributed by atoms with Crippen LogP contribution in [0.3, 0.4) is 0 Å². The van der Waals surface area contributed by atoms with Crippen LogP contribution in [0.4, 0.5) is 0 Å². The number of carbonyl (C=O) groups excluding carboxylic acids is 1. The highest BCUT2D eigenvalue weighted by Crippen LogP contribution is 2.31. The summed E-state index contributed by atoms with van der Waals surface area (Å²) in [6.07, 6.45) is 0. The zero-order valence-corrected chi connectivity index (χ0v) is 16.9. The van der Waals surface area contributed by atoms with E-state index in [0.29, 0.717) is 10.7 Å². The predicted molar refractivity (Wildman–Crippen MR) is 110 cm³/mol. The average Bonchev–Trinajstić information content (AvgIpc) is 2.95. The molecule has 0 aliphatic carbocycles. The number of methoxy groups -OCH3 is 1. The fraction of sp³-hybridized carbons (Fsp3) is 0.286. The second kappa shape index (κ2) is 7.53. The number of benzene rings is 2. The van der Waals surface area contributed by atoms with E-state index in [-0.39, 0.29) is 12.5 Å². The smallest absolute Gasteiger partial charge is 0.325 e. The third-order valence-electron chi connectivity index (χ3n) is 4.54. The molecule has 0 aliphatic rings. The quantitative estimate of drug-likeness (QED) is 0.446. The van der Waals surface area contributed by atoms with Gasteiger partial charge in [-0.25, -0.2) is 9.97 Å². The van der Waals surface area contributed by atoms with Crippen LogP contribution in [0.15, 0.2) is 30.3 Å². The first-order chi connectivity index (χ1) is 13.0. The maximum atomic E-state index is 11.9. The number of nitrogens with zero attached hydrogens (tertiary/aromatic N) is 3. The van der Waals surface area contributed by atoms with Gasteiger partial charge in [-0.1, -0.05) is 25.4 Å². The van der Waals surface area contributed by atoms with Gasteiger partial charge in [0.15, 0.2) is 5.65 Å². The predicted octanol–water partition coefficient (Wildman–Crippen LogP) is 5.21. The number of hydrogen-bond acceptors (Lipinski definition) is 4. The summed E-state index contributed by atoms with van der Waals surface area (Å²) in [7, 11) is 1.38. The van der Waals surface area contributed by atoms with Crippen molar-refractivity contribution in [2.45, 2.75) is 34.2 Å². The number of fused-ring (bicyclic) bond motifs is 4. The first-order valence-electron chi connectivity index (χ1n) is 8.91. The van der Waals surface area contributed by atoms with Gasteiger partial charge in [-0.15, -0.1) is 0 Å². The molecule has 0 radical (unpaired) electrons. The van der Waals surface area contributed by atoms with Crippen molar-refractivity contribution in [1.82, 2.24) is 14.5 Å². The van der Waals surface area contributed by atoms with E-state index in [2.05, 4.69) is 6.92 Å². The molecular weight excluding hydrogens is 362 g/mol. The molecule has 0 amide bonds. The van der Waals surface area contributed by atoms with E-state index in [9.17, 15) is 4.79 Å². The third kappa shape index (κ3) is 3.35. The summed E-state index contributed by atoms with van der Waals surface area (Å²) in [6, 6.07) is 9.58. The maximum absolute atomic E-state index is 11.9. The molecule has 0 saturated carbocycles. The lowest BCUT2D eigenvalue weighted by Gasteiger charge is -2.06. The van der Waals surface area contributed by atoms with Crippen LogP contribution >= 0.6 is 11.6 Å². The molecule has 4 rings (SSSR count). The highest BCUT2D eigenvalue weighted by Gasteiger charge is 2.17. The lowest BCUT2D eigenvalue weighted by molar-refractivity contribution is -0.141. The molecule has 27 heavy (non-hydrogen) atoms. The van der Waals surface area contributed by atoms with E-state index in [1.165, 1.54) is 7.11 Å². The molecule has 0 saturated heterocycles. The van der Waals surface area contributed by atoms with Crippen LogP contribution in [0.2, 0.25) is 5.02 Å². The number of hydrogen-bond donors (Lipinski definition) is 0. The summed E-state index contributed by atoms with van der Waals surface area (Å²) in [5.41, 5.74) is 6.18. The van der Waals surface area contributed by atoms with Crippen molar-refractivity contribution in [3.8, 4) is 0 Å². The summed E-state index contributed by atoms with van der Waals surface area (Å²) in [6.45, 7) is 8.17. The summed E-state index contributed by atoms with van der Waals surface area (Å²) in [4.78, 5) is 21.5. The lowest BCUT2D eigenvalue weighted by atomic mass is 10.1. The number of carbonyl (C=O) groups is 1. The highest BCUT2D eigenvalue weighted by molar-refractivity contribution is 6.31. The fourth-order valence-electron chi connectivity index (χ4n) is 3.07. The number of ether oxygens (including phenoxy) is 1. The molecule has 0 fully saturated rings. The molecule has 0 atom stereocenters. The van der Waals surface area contributed by atoms with Crippen molar-refractivity contribution in [3.05, 3.63) is 46.5 Å². The Hall–Kier alpha value is -2.66. The first-order valence-corrected chi connectivity index (χ1v) is 9.29. The number of aromatic nitrogens is 3. The van der Waals surface area contributed by atoms with Gasteiger partial charge in [-0.3, -0.25) is 4.79 Å². The van der Waals surface area contributed by atoms with Crippen LogP contribution in [0.5, 0.6) is 0 Å². The Morgan fingerprint density at radius 3 is 2.33 bits per heavy atom. The zero-order chi connectivity index (χ0) is 19.7. The van der Waals surface area contributed by atoms with E-state index in [1.54, 1.807) is 6.07 Å². The average molecular weight is 384 g/mol. The SMILES string of the molecule is CC.COC(=O)Cn1c2ccc(Cl)cc2c2nc3cc(C)c(C)cc3nc21. The highest BCUT2D eigenvalue weighted by atomic mass is 35.5. The largest absolute Gasteiger partial charge is 0.468 e. The summed E-state index contributed by atoms with van der Waals surface area (Å²) in [5.74, 6) is -0.337. The van der Waals surface area contributed by atoms with Gasteiger partial charge in [0.25, 0.3) is 0 Å². The summed E-state index contributed by atoms with van der Waals surface area (Å²) < 4.78 is 6.66. The van der Waals surface area contributed by atoms with Crippen molar-refractivity contribution in [3.63, 3.8) is 0 Å². The first kappa shape index (κ1) is 19.1. The molecule has 0 unspecified atom stereocenters. The fourth-order valence-corrected chi connectivity index (χ4v) is 3.24. The molecule has 140 valence electrons. The Morgan fingerprint density at radius 1 is 1.07 bits per heavy atom. The molecule has 2 aromatic carbocycles. The second-order valence-corrected chi connectivity index (χ2v) is 6.58. The molecule has 0 spiro atoms. The maximum Gasteiger partial charge on any atom is 0.325 e. The standard InChI is InChI=1S/C19H16ClN3O2.C2H6/c1-10-6-14-15(7-11(10)2)22-19-18(21-14)13-8-12(20)4-5-16(13)23(19)9-17(24)25-3;1-2/h4-8H,9H2,1-3H3;1-2H3. The monoisotopic (exact) mass is 383 g/mol. The lowest BCUT2D eigenvalue weighted by Crippen LogP contribution is -2.11. The van der Waals surface area contributed by atoms with Crippen molar-refractivity contribution in [2.24, 2.45) is 0 Å². The zero-order valence-electron chi connectivity index (χ0n) is 16.1. The van der Waals surface area contributed by atoms with Gasteiger partial charge in [0.2, 0.25) is 0 Å². The van der Waals surface area contributed by atoms with Gasteiger partial charge >= 0.3 is 5.97 Å². The van der Waals surface area contributed by atoms with Crippen LogP contribution in [0, 0.1) is 13.8 Å². The molecule has 4 aromatic rings. The summed E-state index contributed by atoms with van der Waals surface area (Å²) in [5, 5.41) is 1.49. The number of esters is 1. The Bertz CT molecular complexity index is 1160. The number of aryl methyl sites for hydroxylation is 2. The molecule has 5 nitrogen and oxygen atoms in total. The van der Waals surface area contributed by atoms with Crippen LogP contribution < -0.4 is 0 Å². The van der Waals surface area contributed by atoms with Crippen molar-refractivity contribution in [2.75, 3.05) is 7.11 Å². The molecular formula is C21H22ClN3O2. The Labute approximate surface area is 162 Å². The molecule has 0 aliphatic heterocycles. The molecule has 2 aromatic heterocycles. The van der Waals surface area contributed by atoms with Crippen molar-refractivity contribution in [1.29, 1.82) is 0 Å². The van der Waals surface area contributed by atoms with Crippen LogP contribution in [0.25, 0.3) is 33.1 Å². The van der Waals surface area contributed by atoms with Gasteiger partial charge in [0, 0.05) is 10.4 Å². The van der Waals surface area contributed by atoms with Gasteiger partial charge in [0.05, 0.1) is 23.7 Å². The van der Waals surface area contributed by atoms with E-state index in [1.807, 2.05) is 49.6 Å². The van der Waals surface area contributed by atoms with Gasteiger partial charge in [-0.2, -0.15) is 0 Å². The van der Waals surface area contributed by atoms with Crippen LogP contribution in [-0.4, -0.2) is 27.6 Å².